The Morgan fingerprint density at radius 2 is 1.50 bits per heavy atom. The van der Waals surface area contributed by atoms with Crippen LogP contribution in [0.15, 0.2) is 29.2 Å². The topological polar surface area (TPSA) is 141 Å². The van der Waals surface area contributed by atoms with E-state index in [1.807, 2.05) is 6.92 Å². The number of hydrogen-bond acceptors (Lipinski definition) is 4. The maximum atomic E-state index is 10.5. The van der Waals surface area contributed by atoms with Crippen molar-refractivity contribution in [2.45, 2.75) is 24.7 Å². The van der Waals surface area contributed by atoms with Gasteiger partial charge in [-0.25, -0.2) is 0 Å². The van der Waals surface area contributed by atoms with Crippen LogP contribution in [-0.4, -0.2) is 24.8 Å². The molecule has 0 aliphatic heterocycles. The molecule has 1 aromatic rings. The zero-order chi connectivity index (χ0) is 15.6. The van der Waals surface area contributed by atoms with Gasteiger partial charge in [-0.15, -0.1) is 0 Å². The molecular weight excluding hydrogens is 284 g/mol. The predicted octanol–water partition coefficient (Wildman–Crippen LogP) is -0.0211. The van der Waals surface area contributed by atoms with Gasteiger partial charge in [0.2, 0.25) is 11.8 Å². The first-order valence-corrected chi connectivity index (χ1v) is 7.17. The predicted molar refractivity (Wildman–Crippen MR) is 71.0 cm³/mol. The lowest BCUT2D eigenvalue weighted by molar-refractivity contribution is -0.133. The van der Waals surface area contributed by atoms with Crippen LogP contribution in [0.5, 0.6) is 0 Å². The summed E-state index contributed by atoms with van der Waals surface area (Å²) in [6.07, 6.45) is 1.05. The molecular formula is C12H16N2O5S. The molecule has 0 heterocycles. The standard InChI is InChI=1S/C7H8O3S.C5H8N2O2/c1-6-2-4-7(5-3-6)11(8,9)10;6-3(8)5(1-2-5)4(7)9/h2-5H,1H3,(H,8,9,10);1-2H2,(H2,6,8)(H2,7,9). The van der Waals surface area contributed by atoms with Crippen LogP contribution in [0.1, 0.15) is 18.4 Å². The average Bonchev–Trinajstić information content (AvgIpc) is 3.09. The van der Waals surface area contributed by atoms with Crippen molar-refractivity contribution in [3.05, 3.63) is 29.8 Å². The summed E-state index contributed by atoms with van der Waals surface area (Å²) in [6.45, 7) is 1.84. The maximum Gasteiger partial charge on any atom is 0.294 e. The molecule has 0 bridgehead atoms. The Morgan fingerprint density at radius 3 is 1.70 bits per heavy atom. The Balaban J connectivity index is 0.000000204. The van der Waals surface area contributed by atoms with Crippen molar-refractivity contribution in [2.75, 3.05) is 0 Å². The smallest absolute Gasteiger partial charge is 0.294 e. The normalized spacial score (nSPS) is 15.7. The second-order valence-electron chi connectivity index (χ2n) is 4.60. The molecule has 0 aromatic heterocycles. The molecule has 7 nitrogen and oxygen atoms in total. The van der Waals surface area contributed by atoms with Gasteiger partial charge in [-0.1, -0.05) is 17.7 Å². The molecule has 1 fully saturated rings. The zero-order valence-electron chi connectivity index (χ0n) is 10.9. The van der Waals surface area contributed by atoms with Crippen molar-refractivity contribution in [1.29, 1.82) is 0 Å². The van der Waals surface area contributed by atoms with E-state index in [1.165, 1.54) is 12.1 Å². The quantitative estimate of drug-likeness (QED) is 0.531. The van der Waals surface area contributed by atoms with Crippen LogP contribution in [0.25, 0.3) is 0 Å². The van der Waals surface area contributed by atoms with E-state index in [4.69, 9.17) is 16.0 Å². The molecule has 1 aliphatic rings. The Hall–Kier alpha value is -1.93. The minimum absolute atomic E-state index is 0.0666. The van der Waals surface area contributed by atoms with Crippen LogP contribution in [0.2, 0.25) is 0 Å². The first-order valence-electron chi connectivity index (χ1n) is 5.73. The Bertz CT molecular complexity index is 602. The van der Waals surface area contributed by atoms with Crippen molar-refractivity contribution < 1.29 is 22.6 Å². The molecule has 0 saturated heterocycles. The van der Waals surface area contributed by atoms with Gasteiger partial charge in [-0.05, 0) is 31.9 Å². The molecule has 1 aromatic carbocycles. The van der Waals surface area contributed by atoms with Gasteiger partial charge in [0.25, 0.3) is 10.1 Å². The number of aryl methyl sites for hydroxylation is 1. The fourth-order valence-electron chi connectivity index (χ4n) is 1.45. The van der Waals surface area contributed by atoms with Crippen molar-refractivity contribution >= 4 is 21.9 Å². The highest BCUT2D eigenvalue weighted by Crippen LogP contribution is 2.44. The van der Waals surface area contributed by atoms with Crippen LogP contribution >= 0.6 is 0 Å². The van der Waals surface area contributed by atoms with Gasteiger partial charge in [0.1, 0.15) is 5.41 Å². The SMILES string of the molecule is Cc1ccc(S(=O)(=O)O)cc1.NC(=O)C1(C(N)=O)CC1. The lowest BCUT2D eigenvalue weighted by atomic mass is 10.1. The van der Waals surface area contributed by atoms with Gasteiger partial charge in [0.05, 0.1) is 4.90 Å². The van der Waals surface area contributed by atoms with E-state index in [0.29, 0.717) is 12.8 Å². The lowest BCUT2D eigenvalue weighted by Gasteiger charge is -2.02. The van der Waals surface area contributed by atoms with Gasteiger partial charge in [0, 0.05) is 0 Å². The van der Waals surface area contributed by atoms with Crippen LogP contribution in [0, 0.1) is 12.3 Å². The number of amides is 2. The Labute approximate surface area is 116 Å². The molecule has 2 amide bonds. The molecule has 8 heteroatoms. The second-order valence-corrected chi connectivity index (χ2v) is 6.02. The average molecular weight is 300 g/mol. The highest BCUT2D eigenvalue weighted by atomic mass is 32.2. The number of carbonyl (C=O) groups excluding carboxylic acids is 2. The van der Waals surface area contributed by atoms with Crippen molar-refractivity contribution in [3.8, 4) is 0 Å². The molecule has 0 radical (unpaired) electrons. The summed E-state index contributed by atoms with van der Waals surface area (Å²) in [5.41, 5.74) is 9.77. The summed E-state index contributed by atoms with van der Waals surface area (Å²) in [6, 6.07) is 5.99. The molecule has 110 valence electrons. The third-order valence-corrected chi connectivity index (χ3v) is 3.88. The molecule has 0 atom stereocenters. The fraction of sp³-hybridized carbons (Fsp3) is 0.333. The fourth-order valence-corrected chi connectivity index (χ4v) is 1.93. The van der Waals surface area contributed by atoms with Crippen LogP contribution < -0.4 is 11.5 Å². The number of carbonyl (C=O) groups is 2. The number of benzene rings is 1. The molecule has 20 heavy (non-hydrogen) atoms. The molecule has 0 spiro atoms. The number of rotatable bonds is 3. The van der Waals surface area contributed by atoms with Crippen molar-refractivity contribution in [2.24, 2.45) is 16.9 Å². The molecule has 5 N–H and O–H groups in total. The summed E-state index contributed by atoms with van der Waals surface area (Å²) >= 11 is 0. The van der Waals surface area contributed by atoms with E-state index in [9.17, 15) is 18.0 Å². The summed E-state index contributed by atoms with van der Waals surface area (Å²) < 4.78 is 29.6. The van der Waals surface area contributed by atoms with E-state index in [-0.39, 0.29) is 4.90 Å². The molecule has 0 unspecified atom stereocenters. The Morgan fingerprint density at radius 1 is 1.10 bits per heavy atom. The van der Waals surface area contributed by atoms with Crippen molar-refractivity contribution in [3.63, 3.8) is 0 Å². The number of nitrogens with two attached hydrogens (primary N) is 2. The minimum atomic E-state index is -4.02. The van der Waals surface area contributed by atoms with E-state index >= 15 is 0 Å². The van der Waals surface area contributed by atoms with E-state index in [1.54, 1.807) is 12.1 Å². The van der Waals surface area contributed by atoms with E-state index < -0.39 is 27.3 Å². The minimum Gasteiger partial charge on any atom is -0.369 e. The number of hydrogen-bond donors (Lipinski definition) is 3. The first kappa shape index (κ1) is 16.1. The van der Waals surface area contributed by atoms with Crippen LogP contribution in [-0.2, 0) is 19.7 Å². The molecule has 1 aliphatic carbocycles. The maximum absolute atomic E-state index is 10.5. The van der Waals surface area contributed by atoms with E-state index in [0.717, 1.165) is 5.56 Å². The van der Waals surface area contributed by atoms with Gasteiger partial charge in [0.15, 0.2) is 0 Å². The van der Waals surface area contributed by atoms with Crippen molar-refractivity contribution in [1.82, 2.24) is 0 Å². The monoisotopic (exact) mass is 300 g/mol. The molecule has 2 rings (SSSR count). The van der Waals surface area contributed by atoms with Crippen LogP contribution in [0.4, 0.5) is 0 Å². The molecule has 1 saturated carbocycles. The zero-order valence-corrected chi connectivity index (χ0v) is 11.7. The summed E-state index contributed by atoms with van der Waals surface area (Å²) in [5, 5.41) is 0. The van der Waals surface area contributed by atoms with Gasteiger partial charge < -0.3 is 11.5 Å². The van der Waals surface area contributed by atoms with E-state index in [2.05, 4.69) is 0 Å². The highest BCUT2D eigenvalue weighted by molar-refractivity contribution is 7.85. The second kappa shape index (κ2) is 5.59. The first-order chi connectivity index (χ1) is 9.09. The number of primary amides is 2. The van der Waals surface area contributed by atoms with Gasteiger partial charge in [-0.3, -0.25) is 14.1 Å². The third kappa shape index (κ3) is 3.78. The lowest BCUT2D eigenvalue weighted by Crippen LogP contribution is -2.36. The summed E-state index contributed by atoms with van der Waals surface area (Å²) in [7, 11) is -4.02. The van der Waals surface area contributed by atoms with Crippen LogP contribution in [0.3, 0.4) is 0 Å². The largest absolute Gasteiger partial charge is 0.369 e. The highest BCUT2D eigenvalue weighted by Gasteiger charge is 2.54. The van der Waals surface area contributed by atoms with Gasteiger partial charge in [-0.2, -0.15) is 8.42 Å². The third-order valence-electron chi connectivity index (χ3n) is 3.01. The van der Waals surface area contributed by atoms with Gasteiger partial charge >= 0.3 is 0 Å². The Kier molecular flexibility index (Phi) is 4.51. The summed E-state index contributed by atoms with van der Waals surface area (Å²) in [4.78, 5) is 20.8. The summed E-state index contributed by atoms with van der Waals surface area (Å²) in [5.74, 6) is -1.18.